The molecule has 3 aromatic rings. The van der Waals surface area contributed by atoms with E-state index in [0.29, 0.717) is 35.4 Å². The first kappa shape index (κ1) is 26.0. The highest BCUT2D eigenvalue weighted by atomic mass is 32.2. The number of rotatable bonds is 13. The van der Waals surface area contributed by atoms with Gasteiger partial charge in [0.15, 0.2) is 11.0 Å². The van der Waals surface area contributed by atoms with Crippen LogP contribution >= 0.6 is 11.8 Å². The van der Waals surface area contributed by atoms with Gasteiger partial charge in [0.2, 0.25) is 5.91 Å². The van der Waals surface area contributed by atoms with E-state index in [2.05, 4.69) is 29.0 Å². The van der Waals surface area contributed by atoms with Crippen molar-refractivity contribution in [3.8, 4) is 5.75 Å². The molecular formula is C26H30N4O4S. The number of hydrogen-bond acceptors (Lipinski definition) is 7. The lowest BCUT2D eigenvalue weighted by Gasteiger charge is -2.10. The molecule has 0 radical (unpaired) electrons. The lowest BCUT2D eigenvalue weighted by Crippen LogP contribution is -2.15. The Morgan fingerprint density at radius 3 is 2.66 bits per heavy atom. The third-order valence-corrected chi connectivity index (χ3v) is 5.92. The molecule has 0 fully saturated rings. The van der Waals surface area contributed by atoms with E-state index in [1.807, 2.05) is 35.8 Å². The van der Waals surface area contributed by atoms with Crippen LogP contribution < -0.4 is 10.1 Å². The van der Waals surface area contributed by atoms with Crippen molar-refractivity contribution in [2.24, 2.45) is 0 Å². The standard InChI is InChI=1S/C26H30N4O4S/c1-4-14-30-23(17-34-22-12-10-19(6-3)11-13-22)28-29-26(30)35-18-24(31)27-21-9-7-8-20(16-21)25(32)33-15-5-2/h4,7-13,16H,1,5-6,14-15,17-18H2,2-3H3,(H,27,31). The quantitative estimate of drug-likeness (QED) is 0.205. The zero-order chi connectivity index (χ0) is 25.0. The number of nitrogens with zero attached hydrogens (tertiary/aromatic N) is 3. The zero-order valence-electron chi connectivity index (χ0n) is 20.0. The van der Waals surface area contributed by atoms with Crippen LogP contribution in [0.15, 0.2) is 66.3 Å². The van der Waals surface area contributed by atoms with Crippen LogP contribution in [0.4, 0.5) is 5.69 Å². The largest absolute Gasteiger partial charge is 0.486 e. The number of benzene rings is 2. The molecular weight excluding hydrogens is 464 g/mol. The molecule has 9 heteroatoms. The molecule has 1 heterocycles. The molecule has 0 atom stereocenters. The molecule has 0 unspecified atom stereocenters. The van der Waals surface area contributed by atoms with Gasteiger partial charge in [0, 0.05) is 12.2 Å². The highest BCUT2D eigenvalue weighted by Crippen LogP contribution is 2.20. The number of amides is 1. The van der Waals surface area contributed by atoms with Gasteiger partial charge in [-0.05, 0) is 48.7 Å². The zero-order valence-corrected chi connectivity index (χ0v) is 20.8. The molecule has 3 rings (SSSR count). The van der Waals surface area contributed by atoms with E-state index in [4.69, 9.17) is 9.47 Å². The van der Waals surface area contributed by atoms with E-state index in [1.54, 1.807) is 30.3 Å². The Labute approximate surface area is 209 Å². The van der Waals surface area contributed by atoms with Crippen LogP contribution in [0.2, 0.25) is 0 Å². The van der Waals surface area contributed by atoms with Crippen LogP contribution in [-0.4, -0.2) is 39.0 Å². The topological polar surface area (TPSA) is 95.3 Å². The predicted molar refractivity (Wildman–Crippen MR) is 137 cm³/mol. The lowest BCUT2D eigenvalue weighted by molar-refractivity contribution is -0.113. The molecule has 8 nitrogen and oxygen atoms in total. The number of carbonyl (C=O) groups excluding carboxylic acids is 2. The highest BCUT2D eigenvalue weighted by Gasteiger charge is 2.15. The lowest BCUT2D eigenvalue weighted by atomic mass is 10.2. The molecule has 35 heavy (non-hydrogen) atoms. The number of ether oxygens (including phenoxy) is 2. The maximum Gasteiger partial charge on any atom is 0.338 e. The molecule has 0 saturated carbocycles. The van der Waals surface area contributed by atoms with E-state index in [-0.39, 0.29) is 18.3 Å². The molecule has 0 aliphatic heterocycles. The van der Waals surface area contributed by atoms with Crippen molar-refractivity contribution < 1.29 is 19.1 Å². The molecule has 0 saturated heterocycles. The van der Waals surface area contributed by atoms with Gasteiger partial charge in [0.05, 0.1) is 17.9 Å². The maximum absolute atomic E-state index is 12.5. The average Bonchev–Trinajstić information content (AvgIpc) is 3.26. The first-order valence-electron chi connectivity index (χ1n) is 11.5. The van der Waals surface area contributed by atoms with Gasteiger partial charge in [-0.2, -0.15) is 0 Å². The summed E-state index contributed by atoms with van der Waals surface area (Å²) < 4.78 is 12.9. The Bertz CT molecular complexity index is 1140. The van der Waals surface area contributed by atoms with Crippen LogP contribution in [0.5, 0.6) is 5.75 Å². The second kappa shape index (κ2) is 13.3. The number of aromatic nitrogens is 3. The summed E-state index contributed by atoms with van der Waals surface area (Å²) in [5.74, 6) is 0.886. The van der Waals surface area contributed by atoms with E-state index in [9.17, 15) is 9.59 Å². The van der Waals surface area contributed by atoms with Crippen molar-refractivity contribution >= 4 is 29.3 Å². The summed E-state index contributed by atoms with van der Waals surface area (Å²) in [5.41, 5.74) is 2.16. The molecule has 2 aromatic carbocycles. The van der Waals surface area contributed by atoms with Gasteiger partial charge in [-0.25, -0.2) is 4.79 Å². The minimum atomic E-state index is -0.411. The number of hydrogen-bond donors (Lipinski definition) is 1. The number of aryl methyl sites for hydroxylation is 1. The first-order valence-corrected chi connectivity index (χ1v) is 12.5. The Hall–Kier alpha value is -3.59. The monoisotopic (exact) mass is 494 g/mol. The Kier molecular flexibility index (Phi) is 9.92. The van der Waals surface area contributed by atoms with Gasteiger partial charge in [-0.1, -0.05) is 49.9 Å². The molecule has 0 aliphatic rings. The van der Waals surface area contributed by atoms with Crippen LogP contribution in [0, 0.1) is 0 Å². The second-order valence-corrected chi connectivity index (χ2v) is 8.58. The fraction of sp³-hybridized carbons (Fsp3) is 0.308. The second-order valence-electron chi connectivity index (χ2n) is 7.64. The van der Waals surface area contributed by atoms with Crippen molar-refractivity contribution in [3.05, 3.63) is 78.1 Å². The summed E-state index contributed by atoms with van der Waals surface area (Å²) in [6.45, 7) is 8.94. The van der Waals surface area contributed by atoms with Gasteiger partial charge < -0.3 is 14.8 Å². The SMILES string of the molecule is C=CCn1c(COc2ccc(CC)cc2)nnc1SCC(=O)Nc1cccc(C(=O)OCCC)c1. The van der Waals surface area contributed by atoms with Crippen molar-refractivity contribution in [2.45, 2.75) is 45.0 Å². The van der Waals surface area contributed by atoms with Gasteiger partial charge in [0.1, 0.15) is 12.4 Å². The van der Waals surface area contributed by atoms with E-state index in [1.165, 1.54) is 17.3 Å². The van der Waals surface area contributed by atoms with Crippen LogP contribution in [0.3, 0.4) is 0 Å². The summed E-state index contributed by atoms with van der Waals surface area (Å²) in [4.78, 5) is 24.6. The molecule has 1 N–H and O–H groups in total. The van der Waals surface area contributed by atoms with Crippen LogP contribution in [-0.2, 0) is 29.1 Å². The smallest absolute Gasteiger partial charge is 0.338 e. The van der Waals surface area contributed by atoms with E-state index in [0.717, 1.165) is 18.6 Å². The fourth-order valence-corrected chi connectivity index (χ4v) is 3.91. The number of carbonyl (C=O) groups is 2. The third kappa shape index (κ3) is 7.71. The Morgan fingerprint density at radius 1 is 1.14 bits per heavy atom. The summed E-state index contributed by atoms with van der Waals surface area (Å²) in [6, 6.07) is 14.6. The van der Waals surface area contributed by atoms with Crippen LogP contribution in [0.25, 0.3) is 0 Å². The minimum Gasteiger partial charge on any atom is -0.486 e. The summed E-state index contributed by atoms with van der Waals surface area (Å²) in [7, 11) is 0. The van der Waals surface area contributed by atoms with E-state index >= 15 is 0 Å². The Balaban J connectivity index is 1.57. The summed E-state index contributed by atoms with van der Waals surface area (Å²) >= 11 is 1.27. The minimum absolute atomic E-state index is 0.124. The van der Waals surface area contributed by atoms with Gasteiger partial charge in [-0.3, -0.25) is 9.36 Å². The molecule has 1 aromatic heterocycles. The normalized spacial score (nSPS) is 10.6. The van der Waals surface area contributed by atoms with Crippen molar-refractivity contribution in [3.63, 3.8) is 0 Å². The number of esters is 1. The molecule has 0 bridgehead atoms. The van der Waals surface area contributed by atoms with Crippen molar-refractivity contribution in [2.75, 3.05) is 17.7 Å². The van der Waals surface area contributed by atoms with Crippen molar-refractivity contribution in [1.82, 2.24) is 14.8 Å². The number of nitrogens with one attached hydrogen (secondary N) is 1. The summed E-state index contributed by atoms with van der Waals surface area (Å²) in [6.07, 6.45) is 3.46. The Morgan fingerprint density at radius 2 is 1.94 bits per heavy atom. The van der Waals surface area contributed by atoms with Crippen molar-refractivity contribution in [1.29, 1.82) is 0 Å². The highest BCUT2D eigenvalue weighted by molar-refractivity contribution is 7.99. The number of allylic oxidation sites excluding steroid dienone is 1. The van der Waals surface area contributed by atoms with Gasteiger partial charge in [0.25, 0.3) is 0 Å². The average molecular weight is 495 g/mol. The number of thioether (sulfide) groups is 1. The first-order chi connectivity index (χ1) is 17.0. The molecule has 184 valence electrons. The van der Waals surface area contributed by atoms with Gasteiger partial charge >= 0.3 is 5.97 Å². The fourth-order valence-electron chi connectivity index (χ4n) is 3.14. The third-order valence-electron chi connectivity index (χ3n) is 4.96. The van der Waals surface area contributed by atoms with Crippen LogP contribution in [0.1, 0.15) is 42.0 Å². The molecule has 1 amide bonds. The van der Waals surface area contributed by atoms with Gasteiger partial charge in [-0.15, -0.1) is 16.8 Å². The molecule has 0 spiro atoms. The summed E-state index contributed by atoms with van der Waals surface area (Å²) in [5, 5.41) is 11.9. The van der Waals surface area contributed by atoms with E-state index < -0.39 is 5.97 Å². The predicted octanol–water partition coefficient (Wildman–Crippen LogP) is 4.90. The number of anilines is 1. The maximum atomic E-state index is 12.5. The molecule has 0 aliphatic carbocycles.